The van der Waals surface area contributed by atoms with E-state index in [2.05, 4.69) is 10.4 Å². The van der Waals surface area contributed by atoms with E-state index in [1.807, 2.05) is 10.7 Å². The van der Waals surface area contributed by atoms with Crippen molar-refractivity contribution < 1.29 is 13.9 Å². The zero-order valence-corrected chi connectivity index (χ0v) is 13.8. The summed E-state index contributed by atoms with van der Waals surface area (Å²) < 4.78 is 26.1. The van der Waals surface area contributed by atoms with E-state index < -0.39 is 0 Å². The molecule has 24 heavy (non-hydrogen) atoms. The highest BCUT2D eigenvalue weighted by molar-refractivity contribution is 5.32. The van der Waals surface area contributed by atoms with Gasteiger partial charge in [0.2, 0.25) is 0 Å². The van der Waals surface area contributed by atoms with E-state index >= 15 is 0 Å². The number of rotatable bonds is 8. The molecule has 1 aliphatic heterocycles. The Bertz CT molecular complexity index is 609. The second-order valence-electron chi connectivity index (χ2n) is 5.91. The molecule has 2 heterocycles. The number of benzene rings is 1. The van der Waals surface area contributed by atoms with Gasteiger partial charge < -0.3 is 14.8 Å². The third-order valence-electron chi connectivity index (χ3n) is 4.04. The molecule has 0 spiro atoms. The SMILES string of the molecule is Fc1ccc(-n2nccc2CNCCCOC2CCCCO2)cc1. The highest BCUT2D eigenvalue weighted by Crippen LogP contribution is 2.14. The van der Waals surface area contributed by atoms with Crippen LogP contribution in [-0.4, -0.2) is 35.8 Å². The normalized spacial score (nSPS) is 18.0. The second kappa shape index (κ2) is 8.92. The predicted octanol–water partition coefficient (Wildman–Crippen LogP) is 3.03. The Balaban J connectivity index is 1.38. The Labute approximate surface area is 141 Å². The second-order valence-corrected chi connectivity index (χ2v) is 5.91. The zero-order chi connectivity index (χ0) is 16.6. The molecule has 3 rings (SSSR count). The fraction of sp³-hybridized carbons (Fsp3) is 0.500. The molecule has 1 unspecified atom stereocenters. The fourth-order valence-corrected chi connectivity index (χ4v) is 2.75. The van der Waals surface area contributed by atoms with Gasteiger partial charge >= 0.3 is 0 Å². The van der Waals surface area contributed by atoms with Gasteiger partial charge in [-0.25, -0.2) is 9.07 Å². The summed E-state index contributed by atoms with van der Waals surface area (Å²) in [5.41, 5.74) is 1.90. The first-order valence-electron chi connectivity index (χ1n) is 8.56. The first kappa shape index (κ1) is 17.1. The van der Waals surface area contributed by atoms with Gasteiger partial charge in [0, 0.05) is 19.3 Å². The van der Waals surface area contributed by atoms with E-state index in [-0.39, 0.29) is 12.1 Å². The minimum absolute atomic E-state index is 0.0151. The highest BCUT2D eigenvalue weighted by Gasteiger charge is 2.13. The quantitative estimate of drug-likeness (QED) is 0.755. The standard InChI is InChI=1S/C18H24FN3O2/c19-15-5-7-16(8-6-15)22-17(9-11-21-22)14-20-10-3-13-24-18-4-1-2-12-23-18/h5-9,11,18,20H,1-4,10,12-14H2. The van der Waals surface area contributed by atoms with E-state index in [0.29, 0.717) is 13.2 Å². The van der Waals surface area contributed by atoms with E-state index in [1.54, 1.807) is 18.3 Å². The molecule has 0 saturated carbocycles. The maximum Gasteiger partial charge on any atom is 0.157 e. The molecule has 1 aliphatic rings. The molecular weight excluding hydrogens is 309 g/mol. The molecule has 1 atom stereocenters. The Hall–Kier alpha value is -1.76. The smallest absolute Gasteiger partial charge is 0.157 e. The summed E-state index contributed by atoms with van der Waals surface area (Å²) in [6.45, 7) is 3.09. The summed E-state index contributed by atoms with van der Waals surface area (Å²) in [5, 5.41) is 7.70. The van der Waals surface area contributed by atoms with Crippen LogP contribution in [0.25, 0.3) is 5.69 Å². The van der Waals surface area contributed by atoms with Gasteiger partial charge in [-0.05, 0) is 62.6 Å². The lowest BCUT2D eigenvalue weighted by molar-refractivity contribution is -0.162. The number of nitrogens with zero attached hydrogens (tertiary/aromatic N) is 2. The van der Waals surface area contributed by atoms with E-state index in [0.717, 1.165) is 43.8 Å². The molecule has 1 saturated heterocycles. The topological polar surface area (TPSA) is 48.3 Å². The molecular formula is C18H24FN3O2. The summed E-state index contributed by atoms with van der Waals surface area (Å²) in [6.07, 6.45) is 6.01. The van der Waals surface area contributed by atoms with Crippen LogP contribution in [0.1, 0.15) is 31.4 Å². The lowest BCUT2D eigenvalue weighted by atomic mass is 10.2. The fourth-order valence-electron chi connectivity index (χ4n) is 2.75. The average molecular weight is 333 g/mol. The third-order valence-corrected chi connectivity index (χ3v) is 4.04. The number of hydrogen-bond acceptors (Lipinski definition) is 4. The molecule has 0 radical (unpaired) electrons. The van der Waals surface area contributed by atoms with Crippen molar-refractivity contribution in [3.63, 3.8) is 0 Å². The van der Waals surface area contributed by atoms with Crippen molar-refractivity contribution in [2.75, 3.05) is 19.8 Å². The molecule has 0 aliphatic carbocycles. The number of aromatic nitrogens is 2. The Morgan fingerprint density at radius 2 is 2.12 bits per heavy atom. The van der Waals surface area contributed by atoms with Gasteiger partial charge in [0.05, 0.1) is 18.0 Å². The average Bonchev–Trinajstić information content (AvgIpc) is 3.08. The lowest BCUT2D eigenvalue weighted by Crippen LogP contribution is -2.24. The Morgan fingerprint density at radius 1 is 1.25 bits per heavy atom. The highest BCUT2D eigenvalue weighted by atomic mass is 19.1. The van der Waals surface area contributed by atoms with Crippen molar-refractivity contribution in [3.05, 3.63) is 48.0 Å². The summed E-state index contributed by atoms with van der Waals surface area (Å²) in [6, 6.07) is 8.30. The third kappa shape index (κ3) is 4.87. The maximum absolute atomic E-state index is 13.0. The van der Waals surface area contributed by atoms with Crippen molar-refractivity contribution in [2.45, 2.75) is 38.5 Å². The Morgan fingerprint density at radius 3 is 2.92 bits per heavy atom. The van der Waals surface area contributed by atoms with Crippen LogP contribution in [0.15, 0.2) is 36.5 Å². The van der Waals surface area contributed by atoms with Gasteiger partial charge in [-0.2, -0.15) is 5.10 Å². The Kier molecular flexibility index (Phi) is 6.34. The molecule has 5 nitrogen and oxygen atoms in total. The summed E-state index contributed by atoms with van der Waals surface area (Å²) in [7, 11) is 0. The first-order chi connectivity index (χ1) is 11.8. The zero-order valence-electron chi connectivity index (χ0n) is 13.8. The van der Waals surface area contributed by atoms with E-state index in [9.17, 15) is 4.39 Å². The van der Waals surface area contributed by atoms with Crippen LogP contribution in [0.4, 0.5) is 4.39 Å². The minimum Gasteiger partial charge on any atom is -0.353 e. The molecule has 6 heteroatoms. The monoisotopic (exact) mass is 333 g/mol. The molecule has 0 bridgehead atoms. The summed E-state index contributed by atoms with van der Waals surface area (Å²) in [4.78, 5) is 0. The molecule has 1 N–H and O–H groups in total. The lowest BCUT2D eigenvalue weighted by Gasteiger charge is -2.22. The van der Waals surface area contributed by atoms with Crippen LogP contribution >= 0.6 is 0 Å². The molecule has 2 aromatic rings. The van der Waals surface area contributed by atoms with Gasteiger partial charge in [-0.1, -0.05) is 0 Å². The predicted molar refractivity (Wildman–Crippen MR) is 89.4 cm³/mol. The van der Waals surface area contributed by atoms with Crippen molar-refractivity contribution >= 4 is 0 Å². The van der Waals surface area contributed by atoms with Crippen LogP contribution in [0, 0.1) is 5.82 Å². The van der Waals surface area contributed by atoms with Gasteiger partial charge in [0.25, 0.3) is 0 Å². The van der Waals surface area contributed by atoms with Crippen molar-refractivity contribution in [1.82, 2.24) is 15.1 Å². The van der Waals surface area contributed by atoms with Crippen LogP contribution in [-0.2, 0) is 16.0 Å². The van der Waals surface area contributed by atoms with Gasteiger partial charge in [-0.3, -0.25) is 0 Å². The number of hydrogen-bond donors (Lipinski definition) is 1. The van der Waals surface area contributed by atoms with Crippen LogP contribution in [0.3, 0.4) is 0 Å². The van der Waals surface area contributed by atoms with Crippen LogP contribution < -0.4 is 5.32 Å². The maximum atomic E-state index is 13.0. The summed E-state index contributed by atoms with van der Waals surface area (Å²) in [5.74, 6) is -0.243. The molecule has 1 aromatic heterocycles. The minimum atomic E-state index is -0.243. The van der Waals surface area contributed by atoms with Crippen molar-refractivity contribution in [1.29, 1.82) is 0 Å². The van der Waals surface area contributed by atoms with Gasteiger partial charge in [0.1, 0.15) is 5.82 Å². The number of nitrogens with one attached hydrogen (secondary N) is 1. The van der Waals surface area contributed by atoms with Crippen LogP contribution in [0.2, 0.25) is 0 Å². The van der Waals surface area contributed by atoms with Crippen molar-refractivity contribution in [2.24, 2.45) is 0 Å². The molecule has 1 aromatic carbocycles. The van der Waals surface area contributed by atoms with Gasteiger partial charge in [-0.15, -0.1) is 0 Å². The van der Waals surface area contributed by atoms with E-state index in [4.69, 9.17) is 9.47 Å². The molecule has 1 fully saturated rings. The van der Waals surface area contributed by atoms with Gasteiger partial charge in [0.15, 0.2) is 6.29 Å². The van der Waals surface area contributed by atoms with Crippen LogP contribution in [0.5, 0.6) is 0 Å². The van der Waals surface area contributed by atoms with Crippen molar-refractivity contribution in [3.8, 4) is 5.69 Å². The number of ether oxygens (including phenoxy) is 2. The largest absolute Gasteiger partial charge is 0.353 e. The molecule has 130 valence electrons. The molecule has 0 amide bonds. The summed E-state index contributed by atoms with van der Waals surface area (Å²) >= 11 is 0. The number of halogens is 1. The van der Waals surface area contributed by atoms with E-state index in [1.165, 1.54) is 18.6 Å². The first-order valence-corrected chi connectivity index (χ1v) is 8.56.